The molecule has 1 amide bonds. The van der Waals surface area contributed by atoms with Crippen LogP contribution in [0.1, 0.15) is 39.0 Å². The summed E-state index contributed by atoms with van der Waals surface area (Å²) in [4.78, 5) is 26.5. The topological polar surface area (TPSA) is 95.0 Å². The van der Waals surface area contributed by atoms with Gasteiger partial charge in [0.1, 0.15) is 6.04 Å². The van der Waals surface area contributed by atoms with Crippen molar-refractivity contribution >= 4 is 21.9 Å². The third-order valence-electron chi connectivity index (χ3n) is 5.61. The van der Waals surface area contributed by atoms with Gasteiger partial charge in [0.05, 0.1) is 10.3 Å². The van der Waals surface area contributed by atoms with E-state index in [0.717, 1.165) is 6.42 Å². The molecule has 0 spiro atoms. The normalized spacial score (nSPS) is 27.3. The van der Waals surface area contributed by atoms with Crippen LogP contribution in [-0.4, -0.2) is 60.3 Å². The van der Waals surface area contributed by atoms with Crippen LogP contribution < -0.4 is 0 Å². The van der Waals surface area contributed by atoms with E-state index in [9.17, 15) is 23.1 Å². The van der Waals surface area contributed by atoms with E-state index in [2.05, 4.69) is 0 Å². The fourth-order valence-corrected chi connectivity index (χ4v) is 5.65. The Kier molecular flexibility index (Phi) is 5.58. The molecule has 27 heavy (non-hydrogen) atoms. The van der Waals surface area contributed by atoms with Gasteiger partial charge in [-0.25, -0.2) is 8.42 Å². The van der Waals surface area contributed by atoms with Crippen LogP contribution in [0, 0.1) is 5.41 Å². The average Bonchev–Trinajstić information content (AvgIpc) is 2.68. The lowest BCUT2D eigenvalue weighted by molar-refractivity contribution is -0.154. The molecule has 8 heteroatoms. The van der Waals surface area contributed by atoms with Gasteiger partial charge in [-0.3, -0.25) is 9.59 Å². The zero-order chi connectivity index (χ0) is 19.7. The first-order valence-electron chi connectivity index (χ1n) is 9.35. The number of piperidine rings is 2. The van der Waals surface area contributed by atoms with Gasteiger partial charge >= 0.3 is 5.97 Å². The van der Waals surface area contributed by atoms with E-state index in [4.69, 9.17) is 0 Å². The van der Waals surface area contributed by atoms with Crippen molar-refractivity contribution in [3.8, 4) is 0 Å². The maximum absolute atomic E-state index is 13.2. The number of amides is 1. The largest absolute Gasteiger partial charge is 0.481 e. The molecule has 3 rings (SSSR count). The summed E-state index contributed by atoms with van der Waals surface area (Å²) in [5.41, 5.74) is -0.980. The quantitative estimate of drug-likeness (QED) is 0.842. The second-order valence-corrected chi connectivity index (χ2v) is 9.56. The highest BCUT2D eigenvalue weighted by molar-refractivity contribution is 7.89. The number of aliphatic carboxylic acids is 1. The molecule has 1 N–H and O–H groups in total. The summed E-state index contributed by atoms with van der Waals surface area (Å²) in [6.07, 6.45) is 3.07. The number of sulfonamides is 1. The molecule has 2 saturated heterocycles. The van der Waals surface area contributed by atoms with Gasteiger partial charge in [-0.2, -0.15) is 4.31 Å². The number of benzene rings is 1. The molecule has 2 atom stereocenters. The van der Waals surface area contributed by atoms with Crippen LogP contribution in [0.15, 0.2) is 35.2 Å². The fourth-order valence-electron chi connectivity index (χ4n) is 3.98. The van der Waals surface area contributed by atoms with Crippen molar-refractivity contribution in [3.05, 3.63) is 30.3 Å². The van der Waals surface area contributed by atoms with E-state index in [1.165, 1.54) is 16.4 Å². The second-order valence-electron chi connectivity index (χ2n) is 7.67. The number of likely N-dealkylation sites (tertiary alicyclic amines) is 1. The maximum atomic E-state index is 13.2. The van der Waals surface area contributed by atoms with Crippen molar-refractivity contribution in [1.82, 2.24) is 9.21 Å². The highest BCUT2D eigenvalue weighted by Gasteiger charge is 2.44. The van der Waals surface area contributed by atoms with Crippen molar-refractivity contribution in [2.75, 3.05) is 19.6 Å². The number of nitrogens with zero attached hydrogens (tertiary/aromatic N) is 2. The molecular weight excluding hydrogens is 368 g/mol. The van der Waals surface area contributed by atoms with Crippen LogP contribution in [0.5, 0.6) is 0 Å². The molecule has 2 unspecified atom stereocenters. The zero-order valence-corrected chi connectivity index (χ0v) is 16.3. The second kappa shape index (κ2) is 7.59. The summed E-state index contributed by atoms with van der Waals surface area (Å²) in [7, 11) is -3.77. The van der Waals surface area contributed by atoms with Crippen LogP contribution in [0.25, 0.3) is 0 Å². The predicted octanol–water partition coefficient (Wildman–Crippen LogP) is 1.94. The molecule has 2 fully saturated rings. The summed E-state index contributed by atoms with van der Waals surface area (Å²) >= 11 is 0. The molecule has 1 aromatic rings. The van der Waals surface area contributed by atoms with Crippen LogP contribution in [0.4, 0.5) is 0 Å². The van der Waals surface area contributed by atoms with Crippen molar-refractivity contribution < 1.29 is 23.1 Å². The minimum atomic E-state index is -3.77. The molecule has 2 heterocycles. The number of carboxylic acid groups (broad SMARTS) is 1. The Morgan fingerprint density at radius 2 is 1.81 bits per heavy atom. The maximum Gasteiger partial charge on any atom is 0.311 e. The molecular formula is C19H26N2O5S. The third-order valence-corrected chi connectivity index (χ3v) is 7.54. The van der Waals surface area contributed by atoms with Gasteiger partial charge in [0.25, 0.3) is 0 Å². The molecule has 148 valence electrons. The van der Waals surface area contributed by atoms with Crippen LogP contribution in [0.3, 0.4) is 0 Å². The third kappa shape index (κ3) is 3.87. The minimum absolute atomic E-state index is 0.122. The molecule has 7 nitrogen and oxygen atoms in total. The summed E-state index contributed by atoms with van der Waals surface area (Å²) < 4.78 is 27.5. The van der Waals surface area contributed by atoms with E-state index >= 15 is 0 Å². The van der Waals surface area contributed by atoms with Gasteiger partial charge in [0.2, 0.25) is 15.9 Å². The number of carbonyl (C=O) groups is 2. The predicted molar refractivity (Wildman–Crippen MR) is 99.5 cm³/mol. The van der Waals surface area contributed by atoms with Crippen LogP contribution in [0.2, 0.25) is 0 Å². The minimum Gasteiger partial charge on any atom is -0.481 e. The Morgan fingerprint density at radius 1 is 1.11 bits per heavy atom. The van der Waals surface area contributed by atoms with E-state index in [1.807, 2.05) is 0 Å². The van der Waals surface area contributed by atoms with Gasteiger partial charge in [0, 0.05) is 19.6 Å². The number of hydrogen-bond donors (Lipinski definition) is 1. The standard InChI is InChI=1S/C19H26N2O5S/c1-19(18(23)24)11-7-12-20(14-19)17(22)16-10-5-6-13-21(16)27(25,26)15-8-3-2-4-9-15/h2-4,8-9,16H,5-7,10-14H2,1H3,(H,23,24). The number of carboxylic acids is 1. The van der Waals surface area contributed by atoms with Crippen LogP contribution >= 0.6 is 0 Å². The fraction of sp³-hybridized carbons (Fsp3) is 0.579. The lowest BCUT2D eigenvalue weighted by Crippen LogP contribution is -2.56. The lowest BCUT2D eigenvalue weighted by atomic mass is 9.81. The van der Waals surface area contributed by atoms with Gasteiger partial charge in [-0.15, -0.1) is 0 Å². The van der Waals surface area contributed by atoms with E-state index in [1.54, 1.807) is 30.0 Å². The zero-order valence-electron chi connectivity index (χ0n) is 15.5. The highest BCUT2D eigenvalue weighted by Crippen LogP contribution is 2.32. The lowest BCUT2D eigenvalue weighted by Gasteiger charge is -2.42. The molecule has 2 aliphatic heterocycles. The highest BCUT2D eigenvalue weighted by atomic mass is 32.2. The van der Waals surface area contributed by atoms with Crippen molar-refractivity contribution in [2.24, 2.45) is 5.41 Å². The molecule has 0 bridgehead atoms. The smallest absolute Gasteiger partial charge is 0.311 e. The Morgan fingerprint density at radius 3 is 2.48 bits per heavy atom. The van der Waals surface area contributed by atoms with Gasteiger partial charge in [-0.1, -0.05) is 24.6 Å². The summed E-state index contributed by atoms with van der Waals surface area (Å²) in [6.45, 7) is 2.54. The average molecular weight is 394 g/mol. The van der Waals surface area contributed by atoms with Crippen LogP contribution in [-0.2, 0) is 19.6 Å². The first-order chi connectivity index (χ1) is 12.8. The Labute approximate surface area is 160 Å². The molecule has 0 radical (unpaired) electrons. The number of rotatable bonds is 4. The van der Waals surface area contributed by atoms with E-state index in [-0.39, 0.29) is 17.3 Å². The first-order valence-corrected chi connectivity index (χ1v) is 10.8. The first kappa shape index (κ1) is 19.8. The number of carbonyl (C=O) groups excluding carboxylic acids is 1. The molecule has 2 aliphatic rings. The Bertz CT molecular complexity index is 811. The van der Waals surface area contributed by atoms with Crippen molar-refractivity contribution in [3.63, 3.8) is 0 Å². The van der Waals surface area contributed by atoms with Crippen molar-refractivity contribution in [1.29, 1.82) is 0 Å². The summed E-state index contributed by atoms with van der Waals surface area (Å²) in [6, 6.07) is 7.38. The SMILES string of the molecule is CC1(C(=O)O)CCCN(C(=O)C2CCCCN2S(=O)(=O)c2ccccc2)C1. The molecule has 1 aromatic carbocycles. The summed E-state index contributed by atoms with van der Waals surface area (Å²) in [5.74, 6) is -1.20. The van der Waals surface area contributed by atoms with Gasteiger partial charge < -0.3 is 10.0 Å². The molecule has 0 aliphatic carbocycles. The summed E-state index contributed by atoms with van der Waals surface area (Å²) in [5, 5.41) is 9.49. The Balaban J connectivity index is 1.85. The monoisotopic (exact) mass is 394 g/mol. The molecule has 0 saturated carbocycles. The Hall–Kier alpha value is -1.93. The van der Waals surface area contributed by atoms with Crippen molar-refractivity contribution in [2.45, 2.75) is 50.0 Å². The van der Waals surface area contributed by atoms with Gasteiger partial charge in [-0.05, 0) is 44.7 Å². The van der Waals surface area contributed by atoms with E-state index in [0.29, 0.717) is 38.8 Å². The van der Waals surface area contributed by atoms with Gasteiger partial charge in [0.15, 0.2) is 0 Å². The van der Waals surface area contributed by atoms with E-state index < -0.39 is 27.4 Å². The number of hydrogen-bond acceptors (Lipinski definition) is 4. The molecule has 0 aromatic heterocycles.